The van der Waals surface area contributed by atoms with Crippen LogP contribution in [0.1, 0.15) is 24.9 Å². The third-order valence-corrected chi connectivity index (χ3v) is 7.41. The molecular formula is C16H13N5O2S4. The van der Waals surface area contributed by atoms with E-state index in [4.69, 9.17) is 0 Å². The molecule has 0 saturated carbocycles. The maximum absolute atomic E-state index is 12.7. The number of aromatic nitrogens is 4. The van der Waals surface area contributed by atoms with Crippen LogP contribution in [-0.4, -0.2) is 26.1 Å². The Kier molecular flexibility index (Phi) is 5.08. The molecule has 4 aromatic rings. The van der Waals surface area contributed by atoms with Crippen LogP contribution in [0.4, 0.5) is 5.13 Å². The van der Waals surface area contributed by atoms with E-state index in [1.807, 2.05) is 29.8 Å². The van der Waals surface area contributed by atoms with Gasteiger partial charge < -0.3 is 10.3 Å². The Morgan fingerprint density at radius 1 is 1.33 bits per heavy atom. The SMILES string of the molecule is CC(=O)Nc1nnc(SC(C)c2nc3scc(-c4cccs4)c3c(=O)[nH]2)s1. The summed E-state index contributed by atoms with van der Waals surface area (Å²) in [6.45, 7) is 3.37. The van der Waals surface area contributed by atoms with Gasteiger partial charge in [-0.25, -0.2) is 4.98 Å². The number of anilines is 1. The molecule has 138 valence electrons. The normalized spacial score (nSPS) is 12.4. The minimum Gasteiger partial charge on any atom is -0.309 e. The second-order valence-electron chi connectivity index (χ2n) is 5.57. The minimum absolute atomic E-state index is 0.118. The number of hydrogen-bond donors (Lipinski definition) is 2. The molecule has 0 saturated heterocycles. The summed E-state index contributed by atoms with van der Waals surface area (Å²) in [6.07, 6.45) is 0. The molecule has 0 radical (unpaired) electrons. The summed E-state index contributed by atoms with van der Waals surface area (Å²) in [5, 5.41) is 15.5. The summed E-state index contributed by atoms with van der Waals surface area (Å²) in [7, 11) is 0. The molecular weight excluding hydrogens is 422 g/mol. The first-order chi connectivity index (χ1) is 13.0. The number of amides is 1. The van der Waals surface area contributed by atoms with E-state index in [0.29, 0.717) is 20.7 Å². The molecule has 11 heteroatoms. The van der Waals surface area contributed by atoms with Gasteiger partial charge in [-0.05, 0) is 18.4 Å². The van der Waals surface area contributed by atoms with E-state index in [2.05, 4.69) is 25.5 Å². The van der Waals surface area contributed by atoms with Crippen LogP contribution in [0.15, 0.2) is 32.0 Å². The van der Waals surface area contributed by atoms with Gasteiger partial charge >= 0.3 is 0 Å². The van der Waals surface area contributed by atoms with Gasteiger partial charge in [0.1, 0.15) is 10.7 Å². The van der Waals surface area contributed by atoms with Gasteiger partial charge in [0.15, 0.2) is 4.34 Å². The predicted molar refractivity (Wildman–Crippen MR) is 112 cm³/mol. The lowest BCUT2D eigenvalue weighted by Crippen LogP contribution is -2.12. The molecule has 0 spiro atoms. The van der Waals surface area contributed by atoms with Crippen LogP contribution in [0.5, 0.6) is 0 Å². The molecule has 1 atom stereocenters. The number of carbonyl (C=O) groups excluding carboxylic acids is 1. The lowest BCUT2D eigenvalue weighted by Gasteiger charge is -2.08. The second-order valence-corrected chi connectivity index (χ2v) is 9.94. The third kappa shape index (κ3) is 3.81. The average Bonchev–Trinajstić information content (AvgIpc) is 3.34. The molecule has 0 aliphatic carbocycles. The number of aromatic amines is 1. The molecule has 4 rings (SSSR count). The molecule has 4 aromatic heterocycles. The van der Waals surface area contributed by atoms with Crippen LogP contribution in [0.3, 0.4) is 0 Å². The molecule has 0 aromatic carbocycles. The second kappa shape index (κ2) is 7.50. The molecule has 7 nitrogen and oxygen atoms in total. The van der Waals surface area contributed by atoms with E-state index >= 15 is 0 Å². The number of thiophene rings is 2. The molecule has 0 fully saturated rings. The topological polar surface area (TPSA) is 101 Å². The lowest BCUT2D eigenvalue weighted by molar-refractivity contribution is -0.114. The number of nitrogens with zero attached hydrogens (tertiary/aromatic N) is 3. The number of fused-ring (bicyclic) bond motifs is 1. The van der Waals surface area contributed by atoms with Crippen LogP contribution < -0.4 is 10.9 Å². The van der Waals surface area contributed by atoms with Crippen molar-refractivity contribution in [2.45, 2.75) is 23.4 Å². The van der Waals surface area contributed by atoms with Gasteiger partial charge in [0.25, 0.3) is 5.56 Å². The van der Waals surface area contributed by atoms with Gasteiger partial charge in [-0.15, -0.1) is 32.9 Å². The lowest BCUT2D eigenvalue weighted by atomic mass is 10.2. The van der Waals surface area contributed by atoms with E-state index in [-0.39, 0.29) is 16.7 Å². The van der Waals surface area contributed by atoms with Crippen LogP contribution in [0.25, 0.3) is 20.7 Å². The molecule has 0 bridgehead atoms. The fourth-order valence-electron chi connectivity index (χ4n) is 2.44. The summed E-state index contributed by atoms with van der Waals surface area (Å²) >= 11 is 5.79. The standard InChI is InChI=1S/C16H13N5O2S4/c1-7(26-16-21-20-15(27-16)17-8(2)22)12-18-13(23)11-9(6-25-14(11)19-12)10-4-3-5-24-10/h3-7H,1-2H3,(H,17,20,22)(H,18,19,23). The number of carbonyl (C=O) groups is 1. The van der Waals surface area contributed by atoms with Crippen molar-refractivity contribution in [1.82, 2.24) is 20.2 Å². The van der Waals surface area contributed by atoms with E-state index in [1.165, 1.54) is 41.4 Å². The Hall–Kier alpha value is -2.08. The van der Waals surface area contributed by atoms with Gasteiger partial charge in [0.05, 0.1) is 10.6 Å². The predicted octanol–water partition coefficient (Wildman–Crippen LogP) is 4.38. The molecule has 27 heavy (non-hydrogen) atoms. The van der Waals surface area contributed by atoms with Crippen molar-refractivity contribution in [3.05, 3.63) is 39.1 Å². The Morgan fingerprint density at radius 3 is 2.93 bits per heavy atom. The van der Waals surface area contributed by atoms with E-state index in [9.17, 15) is 9.59 Å². The number of nitrogens with one attached hydrogen (secondary N) is 2. The highest BCUT2D eigenvalue weighted by atomic mass is 32.2. The van der Waals surface area contributed by atoms with Crippen LogP contribution in [0, 0.1) is 0 Å². The van der Waals surface area contributed by atoms with Crippen molar-refractivity contribution in [1.29, 1.82) is 0 Å². The maximum Gasteiger partial charge on any atom is 0.260 e. The monoisotopic (exact) mass is 435 g/mol. The zero-order valence-corrected chi connectivity index (χ0v) is 17.4. The Morgan fingerprint density at radius 2 is 2.19 bits per heavy atom. The summed E-state index contributed by atoms with van der Waals surface area (Å²) < 4.78 is 0.694. The minimum atomic E-state index is -0.188. The fourth-order valence-corrected chi connectivity index (χ4v) is 6.21. The molecule has 1 unspecified atom stereocenters. The van der Waals surface area contributed by atoms with Gasteiger partial charge in [0, 0.05) is 22.7 Å². The van der Waals surface area contributed by atoms with Gasteiger partial charge in [-0.2, -0.15) is 0 Å². The quantitative estimate of drug-likeness (QED) is 0.356. The zero-order chi connectivity index (χ0) is 19.0. The Bertz CT molecular complexity index is 1160. The van der Waals surface area contributed by atoms with E-state index in [1.54, 1.807) is 11.3 Å². The van der Waals surface area contributed by atoms with E-state index < -0.39 is 0 Å². The van der Waals surface area contributed by atoms with Crippen LogP contribution in [0.2, 0.25) is 0 Å². The van der Waals surface area contributed by atoms with Crippen molar-refractivity contribution in [2.75, 3.05) is 5.32 Å². The van der Waals surface area contributed by atoms with Crippen molar-refractivity contribution < 1.29 is 4.79 Å². The average molecular weight is 436 g/mol. The number of thioether (sulfide) groups is 1. The van der Waals surface area contributed by atoms with Crippen LogP contribution >= 0.6 is 45.8 Å². The van der Waals surface area contributed by atoms with Crippen molar-refractivity contribution >= 4 is 67.0 Å². The summed E-state index contributed by atoms with van der Waals surface area (Å²) in [4.78, 5) is 33.1. The number of rotatable bonds is 5. The smallest absolute Gasteiger partial charge is 0.260 e. The first-order valence-corrected chi connectivity index (χ1v) is 11.3. The zero-order valence-electron chi connectivity index (χ0n) is 14.2. The van der Waals surface area contributed by atoms with Gasteiger partial charge in [0.2, 0.25) is 11.0 Å². The first-order valence-electron chi connectivity index (χ1n) is 7.84. The largest absolute Gasteiger partial charge is 0.309 e. The maximum atomic E-state index is 12.7. The highest BCUT2D eigenvalue weighted by Crippen LogP contribution is 2.38. The Balaban J connectivity index is 1.61. The Labute approximate surface area is 169 Å². The number of hydrogen-bond acceptors (Lipinski definition) is 9. The third-order valence-electron chi connectivity index (χ3n) is 3.60. The van der Waals surface area contributed by atoms with E-state index in [0.717, 1.165) is 15.3 Å². The van der Waals surface area contributed by atoms with Crippen molar-refractivity contribution in [3.8, 4) is 10.4 Å². The van der Waals surface area contributed by atoms with Crippen LogP contribution in [-0.2, 0) is 4.79 Å². The number of H-pyrrole nitrogens is 1. The highest BCUT2D eigenvalue weighted by Gasteiger charge is 2.18. The first kappa shape index (κ1) is 18.3. The van der Waals surface area contributed by atoms with Gasteiger partial charge in [-0.1, -0.05) is 29.2 Å². The van der Waals surface area contributed by atoms with Gasteiger partial charge in [-0.3, -0.25) is 9.59 Å². The molecule has 4 heterocycles. The molecule has 0 aliphatic rings. The fraction of sp³-hybridized carbons (Fsp3) is 0.188. The van der Waals surface area contributed by atoms with Crippen molar-refractivity contribution in [2.24, 2.45) is 0 Å². The molecule has 1 amide bonds. The molecule has 2 N–H and O–H groups in total. The highest BCUT2D eigenvalue weighted by molar-refractivity contribution is 8.01. The summed E-state index contributed by atoms with van der Waals surface area (Å²) in [5.74, 6) is 0.403. The molecule has 0 aliphatic heterocycles. The summed E-state index contributed by atoms with van der Waals surface area (Å²) in [6, 6.07) is 3.97. The van der Waals surface area contributed by atoms with Crippen molar-refractivity contribution in [3.63, 3.8) is 0 Å². The summed E-state index contributed by atoms with van der Waals surface area (Å²) in [5.41, 5.74) is 0.790.